The van der Waals surface area contributed by atoms with Gasteiger partial charge in [0.15, 0.2) is 0 Å². The van der Waals surface area contributed by atoms with Gasteiger partial charge in [0.05, 0.1) is 16.6 Å². The average Bonchev–Trinajstić information content (AvgIpc) is 3.60. The Labute approximate surface area is 243 Å². The predicted octanol–water partition coefficient (Wildman–Crippen LogP) is 5.95. The number of amides is 1. The first-order valence-corrected chi connectivity index (χ1v) is 16.9. The molecule has 3 aromatic rings. The molecule has 1 amide bonds. The van der Waals surface area contributed by atoms with Crippen LogP contribution in [0.25, 0.3) is 21.0 Å². The molecule has 3 aliphatic rings. The van der Waals surface area contributed by atoms with Crippen LogP contribution in [0.3, 0.4) is 0 Å². The van der Waals surface area contributed by atoms with Gasteiger partial charge in [-0.05, 0) is 74.1 Å². The number of hydrogen-bond donors (Lipinski definition) is 4. The number of halogens is 2. The maximum Gasteiger partial charge on any atom is 0.225 e. The number of thiazole rings is 1. The number of benzene rings is 2. The lowest BCUT2D eigenvalue weighted by Crippen LogP contribution is -2.44. The number of aromatic nitrogens is 1. The van der Waals surface area contributed by atoms with Gasteiger partial charge in [-0.2, -0.15) is 5.26 Å². The Morgan fingerprint density at radius 2 is 1.78 bits per heavy atom. The smallest absolute Gasteiger partial charge is 0.225 e. The lowest BCUT2D eigenvalue weighted by Gasteiger charge is -2.36. The number of thiol groups is 1. The molecule has 2 saturated carbocycles. The van der Waals surface area contributed by atoms with Crippen LogP contribution in [0.2, 0.25) is 0 Å². The molecule has 2 aliphatic carbocycles. The number of hydrogen-bond acceptors (Lipinski definition) is 6. The third-order valence-electron chi connectivity index (χ3n) is 8.52. The van der Waals surface area contributed by atoms with Gasteiger partial charge in [-0.1, -0.05) is 12.1 Å². The number of carbonyl (C=O) groups excluding carboxylic acids is 1. The Hall–Kier alpha value is -3.20. The Bertz CT molecular complexity index is 1520. The lowest BCUT2D eigenvalue weighted by molar-refractivity contribution is -0.128. The molecule has 1 saturated heterocycles. The molecule has 1 aliphatic heterocycles. The molecular formula is C30H33F2N5O2S2. The molecule has 0 bridgehead atoms. The zero-order valence-electron chi connectivity index (χ0n) is 22.5. The van der Waals surface area contributed by atoms with E-state index in [0.29, 0.717) is 55.3 Å². The highest BCUT2D eigenvalue weighted by Gasteiger charge is 2.48. The van der Waals surface area contributed by atoms with Gasteiger partial charge in [0.25, 0.3) is 0 Å². The molecule has 6 rings (SSSR count). The highest BCUT2D eigenvalue weighted by atomic mass is 32.3. The fourth-order valence-electron chi connectivity index (χ4n) is 5.84. The second-order valence-electron chi connectivity index (χ2n) is 11.5. The van der Waals surface area contributed by atoms with Gasteiger partial charge in [-0.3, -0.25) is 9.57 Å². The van der Waals surface area contributed by atoms with Crippen LogP contribution < -0.4 is 10.2 Å². The number of nitriles is 1. The number of anilines is 1. The summed E-state index contributed by atoms with van der Waals surface area (Å²) < 4.78 is 46.5. The zero-order valence-corrected chi connectivity index (χ0v) is 24.2. The lowest BCUT2D eigenvalue weighted by atomic mass is 9.75. The van der Waals surface area contributed by atoms with Crippen LogP contribution in [0.4, 0.5) is 14.5 Å². The molecule has 7 nitrogen and oxygen atoms in total. The van der Waals surface area contributed by atoms with Crippen LogP contribution in [0.5, 0.6) is 0 Å². The fraction of sp³-hybridized carbons (Fsp3) is 0.433. The van der Waals surface area contributed by atoms with Gasteiger partial charge in [-0.25, -0.2) is 13.8 Å². The number of nitrogens with one attached hydrogen (secondary N) is 2. The average molecular weight is 598 g/mol. The van der Waals surface area contributed by atoms with E-state index in [-0.39, 0.29) is 24.1 Å². The van der Waals surface area contributed by atoms with E-state index in [4.69, 9.17) is 9.76 Å². The molecule has 216 valence electrons. The van der Waals surface area contributed by atoms with Crippen LogP contribution >= 0.6 is 11.3 Å². The summed E-state index contributed by atoms with van der Waals surface area (Å²) in [6.45, 7) is 1.28. The summed E-state index contributed by atoms with van der Waals surface area (Å²) in [5.41, 5.74) is 2.60. The third-order valence-corrected chi connectivity index (χ3v) is 11.6. The van der Waals surface area contributed by atoms with Crippen molar-refractivity contribution in [3.63, 3.8) is 0 Å². The van der Waals surface area contributed by atoms with Crippen molar-refractivity contribution < 1.29 is 18.1 Å². The summed E-state index contributed by atoms with van der Waals surface area (Å²) in [5.74, 6) is -0.625. The summed E-state index contributed by atoms with van der Waals surface area (Å²) in [6, 6.07) is 16.4. The molecule has 41 heavy (non-hydrogen) atoms. The van der Waals surface area contributed by atoms with E-state index in [0.717, 1.165) is 27.4 Å². The maximum absolute atomic E-state index is 14.7. The van der Waals surface area contributed by atoms with Crippen molar-refractivity contribution in [1.29, 1.82) is 10.0 Å². The minimum Gasteiger partial charge on any atom is -0.370 e. The van der Waals surface area contributed by atoms with E-state index in [1.807, 2.05) is 24.3 Å². The van der Waals surface area contributed by atoms with Crippen molar-refractivity contribution in [3.8, 4) is 27.1 Å². The molecule has 3 N–H and O–H groups in total. The van der Waals surface area contributed by atoms with E-state index in [2.05, 4.69) is 16.3 Å². The molecular weight excluding hydrogens is 564 g/mol. The van der Waals surface area contributed by atoms with Crippen molar-refractivity contribution in [2.45, 2.75) is 49.7 Å². The SMILES string of the molecule is N#CC1(NC(=O)[C@@H]2C[C@@H](F)CC[C@H]2c2nc(-c3ccc(F)cc3)sc2-c2ccc(N3CC[SH](=N)(O)CC3)cc2)CC1. The molecule has 11 heteroatoms. The Kier molecular flexibility index (Phi) is 7.42. The third kappa shape index (κ3) is 5.92. The molecule has 1 aromatic heterocycles. The number of carbonyl (C=O) groups is 1. The first kappa shape index (κ1) is 27.9. The Morgan fingerprint density at radius 1 is 1.12 bits per heavy atom. The largest absolute Gasteiger partial charge is 0.370 e. The van der Waals surface area contributed by atoms with Crippen LogP contribution in [-0.2, 0) is 14.9 Å². The van der Waals surface area contributed by atoms with Gasteiger partial charge >= 0.3 is 0 Å². The van der Waals surface area contributed by atoms with Gasteiger partial charge in [-0.15, -0.1) is 21.4 Å². The molecule has 2 heterocycles. The van der Waals surface area contributed by atoms with Crippen LogP contribution in [0.15, 0.2) is 48.5 Å². The highest BCUT2D eigenvalue weighted by Crippen LogP contribution is 2.47. The number of alkyl halides is 1. The molecule has 2 aromatic carbocycles. The van der Waals surface area contributed by atoms with E-state index in [9.17, 15) is 23.4 Å². The van der Waals surface area contributed by atoms with Gasteiger partial charge < -0.3 is 14.8 Å². The van der Waals surface area contributed by atoms with Crippen molar-refractivity contribution in [2.75, 3.05) is 29.5 Å². The Balaban J connectivity index is 1.35. The number of nitrogens with zero attached hydrogens (tertiary/aromatic N) is 3. The summed E-state index contributed by atoms with van der Waals surface area (Å²) in [4.78, 5) is 21.5. The van der Waals surface area contributed by atoms with Crippen molar-refractivity contribution in [2.24, 2.45) is 5.92 Å². The molecule has 3 fully saturated rings. The standard InChI is InChI=1S/C30H33F2N5O2S2/c31-21-5-1-20(2-6-21)29-35-26(24-10-7-22(32)17-25(24)28(38)36-30(18-33)11-12-30)27(40-29)19-3-8-23(9-4-19)37-13-15-41(34,39)16-14-37/h1-6,8-9,22,24-25,41H,7,10-17H2,(H2,34,39)(H,36,38)/t22-,24+,25+/m0/s1. The second kappa shape index (κ2) is 10.9. The van der Waals surface area contributed by atoms with Gasteiger partial charge in [0.1, 0.15) is 22.5 Å². The van der Waals surface area contributed by atoms with E-state index >= 15 is 0 Å². The minimum absolute atomic E-state index is 0.0831. The van der Waals surface area contributed by atoms with E-state index < -0.39 is 27.7 Å². The first-order valence-electron chi connectivity index (χ1n) is 14.0. The Morgan fingerprint density at radius 3 is 2.41 bits per heavy atom. The maximum atomic E-state index is 14.7. The quantitative estimate of drug-likeness (QED) is 0.262. The zero-order chi connectivity index (χ0) is 28.8. The van der Waals surface area contributed by atoms with Gasteiger partial charge in [0.2, 0.25) is 5.91 Å². The minimum atomic E-state index is -2.53. The molecule has 0 radical (unpaired) electrons. The predicted molar refractivity (Wildman–Crippen MR) is 160 cm³/mol. The number of rotatable bonds is 6. The first-order chi connectivity index (χ1) is 19.7. The summed E-state index contributed by atoms with van der Waals surface area (Å²) >= 11 is 1.47. The summed E-state index contributed by atoms with van der Waals surface area (Å²) in [7, 11) is -2.53. The summed E-state index contributed by atoms with van der Waals surface area (Å²) in [5, 5.41) is 13.1. The van der Waals surface area contributed by atoms with Crippen molar-refractivity contribution in [3.05, 3.63) is 60.0 Å². The van der Waals surface area contributed by atoms with E-state index in [1.54, 1.807) is 12.1 Å². The second-order valence-corrected chi connectivity index (χ2v) is 15.2. The molecule has 0 unspecified atom stereocenters. The van der Waals surface area contributed by atoms with Crippen LogP contribution in [0, 0.1) is 27.8 Å². The monoisotopic (exact) mass is 597 g/mol. The molecule has 3 atom stereocenters. The topological polar surface area (TPSA) is 113 Å². The van der Waals surface area contributed by atoms with Crippen LogP contribution in [-0.4, -0.2) is 51.7 Å². The van der Waals surface area contributed by atoms with Gasteiger partial charge in [0, 0.05) is 47.7 Å². The highest BCUT2D eigenvalue weighted by molar-refractivity contribution is 7.98. The molecule has 0 spiro atoms. The van der Waals surface area contributed by atoms with Crippen molar-refractivity contribution >= 4 is 33.0 Å². The fourth-order valence-corrected chi connectivity index (χ4v) is 8.35. The van der Waals surface area contributed by atoms with Crippen LogP contribution in [0.1, 0.15) is 43.7 Å². The van der Waals surface area contributed by atoms with Crippen molar-refractivity contribution in [1.82, 2.24) is 10.3 Å². The van der Waals surface area contributed by atoms with E-state index in [1.165, 1.54) is 23.5 Å². The summed E-state index contributed by atoms with van der Waals surface area (Å²) in [6.07, 6.45) is 0.997. The normalized spacial score (nSPS) is 25.6.